The fourth-order valence-corrected chi connectivity index (χ4v) is 2.40. The van der Waals surface area contributed by atoms with Gasteiger partial charge in [0.15, 0.2) is 22.7 Å². The van der Waals surface area contributed by atoms with Crippen molar-refractivity contribution in [1.82, 2.24) is 48.8 Å². The van der Waals surface area contributed by atoms with E-state index < -0.39 is 36.7 Å². The topological polar surface area (TPSA) is 226 Å². The summed E-state index contributed by atoms with van der Waals surface area (Å²) in [6.07, 6.45) is 2.14. The standard InChI is InChI=1S/C12H10N12O5/c13-7(25)5-9-17-19-23(11(27)21(9)1-15-5)3-29-4-24-12(28)22-2-16-6(8(14)26)10(22)18-20-24/h1-2H,3-4H2,(H2,13,25)(H2,14,26). The zero-order valence-electron chi connectivity index (χ0n) is 14.2. The van der Waals surface area contributed by atoms with Crippen molar-refractivity contribution in [2.45, 2.75) is 13.5 Å². The molecule has 4 N–H and O–H groups in total. The molecule has 29 heavy (non-hydrogen) atoms. The van der Waals surface area contributed by atoms with Gasteiger partial charge in [0.25, 0.3) is 11.8 Å². The molecule has 0 bridgehead atoms. The molecular formula is C12H10N12O5. The summed E-state index contributed by atoms with van der Waals surface area (Å²) in [7, 11) is 0. The predicted octanol–water partition coefficient (Wildman–Crippen LogP) is -4.29. The van der Waals surface area contributed by atoms with Gasteiger partial charge in [0.2, 0.25) is 0 Å². The Balaban J connectivity index is 1.55. The predicted molar refractivity (Wildman–Crippen MR) is 88.2 cm³/mol. The Hall–Kier alpha value is -4.54. The fraction of sp³-hybridized carbons (Fsp3) is 0.167. The van der Waals surface area contributed by atoms with E-state index in [1.807, 2.05) is 0 Å². The molecule has 2 amide bonds. The number of rotatable bonds is 6. The van der Waals surface area contributed by atoms with Crippen molar-refractivity contribution in [3.63, 3.8) is 0 Å². The maximum absolute atomic E-state index is 12.3. The fourth-order valence-electron chi connectivity index (χ4n) is 2.40. The third-order valence-electron chi connectivity index (χ3n) is 3.73. The van der Waals surface area contributed by atoms with E-state index in [-0.39, 0.29) is 22.7 Å². The third-order valence-corrected chi connectivity index (χ3v) is 3.73. The maximum Gasteiger partial charge on any atom is 0.355 e. The van der Waals surface area contributed by atoms with Gasteiger partial charge >= 0.3 is 11.4 Å². The summed E-state index contributed by atoms with van der Waals surface area (Å²) in [5.41, 5.74) is 8.26. The van der Waals surface area contributed by atoms with Gasteiger partial charge in [0, 0.05) is 0 Å². The number of imidazole rings is 2. The van der Waals surface area contributed by atoms with E-state index in [2.05, 4.69) is 30.6 Å². The molecule has 0 saturated heterocycles. The quantitative estimate of drug-likeness (QED) is 0.313. The summed E-state index contributed by atoms with van der Waals surface area (Å²) in [5, 5.41) is 14.7. The Bertz CT molecular complexity index is 1290. The van der Waals surface area contributed by atoms with Crippen molar-refractivity contribution in [3.8, 4) is 0 Å². The van der Waals surface area contributed by atoms with Gasteiger partial charge < -0.3 is 16.2 Å². The molecule has 4 heterocycles. The van der Waals surface area contributed by atoms with Crippen LogP contribution in [0.15, 0.2) is 22.2 Å². The number of nitrogens with two attached hydrogens (primary N) is 2. The van der Waals surface area contributed by atoms with Gasteiger partial charge in [-0.05, 0) is 0 Å². The molecule has 0 aliphatic heterocycles. The van der Waals surface area contributed by atoms with Crippen molar-refractivity contribution in [3.05, 3.63) is 45.0 Å². The number of carbonyl (C=O) groups excluding carboxylic acids is 2. The van der Waals surface area contributed by atoms with Gasteiger partial charge in [-0.2, -0.15) is 9.36 Å². The summed E-state index contributed by atoms with van der Waals surface area (Å²) in [6.45, 7) is -0.817. The highest BCUT2D eigenvalue weighted by Gasteiger charge is 2.16. The van der Waals surface area contributed by atoms with Gasteiger partial charge in [-0.15, -0.1) is 10.2 Å². The molecule has 0 aliphatic rings. The molecular weight excluding hydrogens is 392 g/mol. The highest BCUT2D eigenvalue weighted by Crippen LogP contribution is 2.02. The summed E-state index contributed by atoms with van der Waals surface area (Å²) in [6, 6.07) is 0. The first-order valence-corrected chi connectivity index (χ1v) is 7.67. The molecule has 0 fully saturated rings. The molecule has 4 rings (SSSR count). The van der Waals surface area contributed by atoms with Crippen LogP contribution in [0.1, 0.15) is 21.0 Å². The molecule has 0 unspecified atom stereocenters. The van der Waals surface area contributed by atoms with E-state index in [4.69, 9.17) is 16.2 Å². The average molecular weight is 402 g/mol. The highest BCUT2D eigenvalue weighted by atomic mass is 16.5. The van der Waals surface area contributed by atoms with Crippen molar-refractivity contribution >= 4 is 23.1 Å². The number of amides is 2. The average Bonchev–Trinajstić information content (AvgIpc) is 3.30. The SMILES string of the molecule is NC(=O)c1ncn2c(=O)n(COCn3nnc4c(C(N)=O)ncn4c3=O)nnc12. The van der Waals surface area contributed by atoms with Gasteiger partial charge in [-0.25, -0.2) is 28.4 Å². The van der Waals surface area contributed by atoms with Crippen LogP contribution in [0.25, 0.3) is 11.3 Å². The van der Waals surface area contributed by atoms with E-state index in [1.165, 1.54) is 0 Å². The monoisotopic (exact) mass is 402 g/mol. The van der Waals surface area contributed by atoms with Crippen LogP contribution in [0.4, 0.5) is 0 Å². The Morgan fingerprint density at radius 2 is 1.24 bits per heavy atom. The van der Waals surface area contributed by atoms with E-state index in [1.54, 1.807) is 0 Å². The summed E-state index contributed by atoms with van der Waals surface area (Å²) in [4.78, 5) is 54.5. The zero-order chi connectivity index (χ0) is 20.7. The number of hydrogen-bond donors (Lipinski definition) is 2. The number of ether oxygens (including phenoxy) is 1. The maximum atomic E-state index is 12.3. The number of hydrogen-bond acceptors (Lipinski definition) is 11. The summed E-state index contributed by atoms with van der Waals surface area (Å²) in [5.74, 6) is -1.72. The first kappa shape index (κ1) is 17.9. The van der Waals surface area contributed by atoms with Crippen molar-refractivity contribution < 1.29 is 14.3 Å². The first-order chi connectivity index (χ1) is 13.9. The summed E-state index contributed by atoms with van der Waals surface area (Å²) >= 11 is 0. The molecule has 0 radical (unpaired) electrons. The molecule has 0 aliphatic carbocycles. The van der Waals surface area contributed by atoms with Crippen LogP contribution in [0.5, 0.6) is 0 Å². The molecule has 148 valence electrons. The first-order valence-electron chi connectivity index (χ1n) is 7.67. The van der Waals surface area contributed by atoms with E-state index >= 15 is 0 Å². The highest BCUT2D eigenvalue weighted by molar-refractivity contribution is 5.97. The lowest BCUT2D eigenvalue weighted by Gasteiger charge is -2.06. The van der Waals surface area contributed by atoms with Crippen LogP contribution >= 0.6 is 0 Å². The lowest BCUT2D eigenvalue weighted by molar-refractivity contribution is 0.00475. The third kappa shape index (κ3) is 2.86. The van der Waals surface area contributed by atoms with E-state index in [0.29, 0.717) is 0 Å². The molecule has 4 aromatic heterocycles. The van der Waals surface area contributed by atoms with Gasteiger partial charge in [-0.3, -0.25) is 9.59 Å². The normalized spacial score (nSPS) is 11.3. The van der Waals surface area contributed by atoms with Gasteiger partial charge in [-0.1, -0.05) is 10.4 Å². The second kappa shape index (κ2) is 6.56. The minimum Gasteiger partial charge on any atom is -0.364 e. The van der Waals surface area contributed by atoms with Gasteiger partial charge in [0.1, 0.15) is 26.1 Å². The van der Waals surface area contributed by atoms with E-state index in [9.17, 15) is 19.2 Å². The number of nitrogens with zero attached hydrogens (tertiary/aromatic N) is 10. The molecule has 0 spiro atoms. The zero-order valence-corrected chi connectivity index (χ0v) is 14.2. The molecule has 4 aromatic rings. The molecule has 0 saturated carbocycles. The van der Waals surface area contributed by atoms with Gasteiger partial charge in [0.05, 0.1) is 0 Å². The van der Waals surface area contributed by atoms with Crippen molar-refractivity contribution in [1.29, 1.82) is 0 Å². The number of aromatic nitrogens is 10. The van der Waals surface area contributed by atoms with Crippen LogP contribution in [-0.4, -0.2) is 60.6 Å². The lowest BCUT2D eigenvalue weighted by atomic mass is 10.4. The minimum absolute atomic E-state index is 0.100. The van der Waals surface area contributed by atoms with Crippen LogP contribution in [-0.2, 0) is 18.2 Å². The van der Waals surface area contributed by atoms with Crippen molar-refractivity contribution in [2.24, 2.45) is 11.5 Å². The Morgan fingerprint density at radius 3 is 1.62 bits per heavy atom. The number of fused-ring (bicyclic) bond motifs is 2. The van der Waals surface area contributed by atoms with Crippen LogP contribution in [0.3, 0.4) is 0 Å². The Morgan fingerprint density at radius 1 is 0.828 bits per heavy atom. The Labute approximate surface area is 157 Å². The molecule has 17 nitrogen and oxygen atoms in total. The largest absolute Gasteiger partial charge is 0.364 e. The smallest absolute Gasteiger partial charge is 0.355 e. The molecule has 0 aromatic carbocycles. The summed E-state index contributed by atoms with van der Waals surface area (Å²) < 4.78 is 8.81. The van der Waals surface area contributed by atoms with Crippen LogP contribution in [0, 0.1) is 0 Å². The Kier molecular flexibility index (Phi) is 4.04. The lowest BCUT2D eigenvalue weighted by Crippen LogP contribution is -2.34. The second-order valence-corrected chi connectivity index (χ2v) is 5.51. The second-order valence-electron chi connectivity index (χ2n) is 5.51. The number of carbonyl (C=O) groups is 2. The van der Waals surface area contributed by atoms with Crippen LogP contribution < -0.4 is 22.8 Å². The van der Waals surface area contributed by atoms with Crippen molar-refractivity contribution in [2.75, 3.05) is 0 Å². The molecule has 17 heteroatoms. The van der Waals surface area contributed by atoms with E-state index in [0.717, 1.165) is 30.8 Å². The van der Waals surface area contributed by atoms with Crippen LogP contribution in [0.2, 0.25) is 0 Å². The number of primary amides is 2. The molecule has 0 atom stereocenters. The minimum atomic E-state index is -0.859.